The summed E-state index contributed by atoms with van der Waals surface area (Å²) < 4.78 is 34.0. The first-order valence-corrected chi connectivity index (χ1v) is 7.27. The summed E-state index contributed by atoms with van der Waals surface area (Å²) in [4.78, 5) is 14.0. The van der Waals surface area contributed by atoms with Crippen molar-refractivity contribution in [2.45, 2.75) is 0 Å². The minimum Gasteiger partial charge on any atom is -0.872 e. The van der Waals surface area contributed by atoms with Gasteiger partial charge in [0.15, 0.2) is 0 Å². The van der Waals surface area contributed by atoms with Crippen LogP contribution in [-0.2, 0) is 17.1 Å². The minimum atomic E-state index is -4.94. The van der Waals surface area contributed by atoms with Gasteiger partial charge in [0.25, 0.3) is 5.69 Å². The number of halogens is 1. The maximum Gasteiger partial charge on any atom is 2.00 e. The summed E-state index contributed by atoms with van der Waals surface area (Å²) in [6.07, 6.45) is 1.33. The van der Waals surface area contributed by atoms with E-state index in [1.54, 1.807) is 0 Å². The average Bonchev–Trinajstić information content (AvgIpc) is 2.42. The van der Waals surface area contributed by atoms with Crippen LogP contribution < -0.4 is 29.1 Å². The molecule has 0 amide bonds. The van der Waals surface area contributed by atoms with Gasteiger partial charge in [-0.2, -0.15) is 0 Å². The van der Waals surface area contributed by atoms with Crippen LogP contribution in [0.5, 0.6) is 5.75 Å². The van der Waals surface area contributed by atoms with E-state index in [4.69, 9.17) is 23.7 Å². The van der Waals surface area contributed by atoms with E-state index in [0.29, 0.717) is 19.6 Å². The molecule has 0 atom stereocenters. The fraction of sp³-hybridized carbons (Fsp3) is 0.364. The third kappa shape index (κ3) is 17.2. The van der Waals surface area contributed by atoms with Gasteiger partial charge < -0.3 is 21.0 Å². The second kappa shape index (κ2) is 14.9. The molecule has 12 nitrogen and oxygen atoms in total. The molecule has 0 aliphatic rings. The second-order valence-electron chi connectivity index (χ2n) is 3.87. The first-order chi connectivity index (χ1) is 10.6. The zero-order valence-electron chi connectivity index (χ0n) is 12.5. The molecule has 0 fully saturated rings. The molecule has 0 aromatic heterocycles. The van der Waals surface area contributed by atoms with E-state index in [1.807, 2.05) is 0 Å². The van der Waals surface area contributed by atoms with E-state index in [-0.39, 0.29) is 46.2 Å². The van der Waals surface area contributed by atoms with Gasteiger partial charge in [-0.05, 0) is 5.56 Å². The molecule has 147 valence electrons. The van der Waals surface area contributed by atoms with E-state index in [2.05, 4.69) is 10.3 Å². The van der Waals surface area contributed by atoms with Crippen molar-refractivity contribution < 1.29 is 66.6 Å². The van der Waals surface area contributed by atoms with Crippen molar-refractivity contribution in [1.29, 1.82) is 0 Å². The number of benzene rings is 1. The van der Waals surface area contributed by atoms with Crippen LogP contribution in [0, 0.1) is 20.4 Å². The molecule has 1 radical (unpaired) electrons. The Balaban J connectivity index is -0.000000610. The van der Waals surface area contributed by atoms with Crippen molar-refractivity contribution in [2.24, 2.45) is 4.99 Å². The van der Waals surface area contributed by atoms with Crippen molar-refractivity contribution in [1.82, 2.24) is 5.32 Å². The van der Waals surface area contributed by atoms with Crippen LogP contribution in [0.1, 0.15) is 5.56 Å². The number of non-ortho nitro benzene ring substituents is 1. The molecule has 0 aliphatic heterocycles. The Morgan fingerprint density at radius 1 is 1.24 bits per heavy atom. The summed E-state index contributed by atoms with van der Waals surface area (Å²) in [5.41, 5.74) is 0.0702. The maximum absolute atomic E-state index is 11.4. The van der Waals surface area contributed by atoms with Crippen molar-refractivity contribution in [2.75, 3.05) is 26.2 Å². The summed E-state index contributed by atoms with van der Waals surface area (Å²) in [7, 11) is -4.94. The van der Waals surface area contributed by atoms with Crippen LogP contribution in [-0.4, -0.2) is 48.0 Å². The number of nitrogens with zero attached hydrogens (tertiary/aromatic N) is 2. The van der Waals surface area contributed by atoms with Crippen molar-refractivity contribution in [3.05, 3.63) is 33.9 Å². The maximum atomic E-state index is 11.4. The Bertz CT molecular complexity index is 522. The van der Waals surface area contributed by atoms with Crippen molar-refractivity contribution in [3.8, 4) is 5.75 Å². The van der Waals surface area contributed by atoms with Crippen LogP contribution in [0.3, 0.4) is 0 Å². The standard InChI is InChI=1S/C11H15N3O4.ClHO4.Cu.H2O/c15-6-5-12-3-4-13-8-9-7-10(14(17)18)1-2-11(9)16;2-1(3,4)5;;/h1-2,7-8,12,15-16H,3-6H2;(H,2,3,4,5);;1H2/q;;+2;/p-2. The third-order valence-corrected chi connectivity index (χ3v) is 2.14. The number of nitro benzene ring substituents is 1. The Labute approximate surface area is 155 Å². The monoisotopic (exact) mass is 432 g/mol. The van der Waals surface area contributed by atoms with Gasteiger partial charge in [-0.3, -0.25) is 15.1 Å². The fourth-order valence-corrected chi connectivity index (χ4v) is 1.26. The van der Waals surface area contributed by atoms with E-state index in [9.17, 15) is 15.2 Å². The summed E-state index contributed by atoms with van der Waals surface area (Å²) in [5, 5.41) is 33.4. The molecule has 0 heterocycles. The summed E-state index contributed by atoms with van der Waals surface area (Å²) in [6.45, 7) is 1.54. The number of aliphatic hydroxyl groups is 1. The molecule has 1 aromatic carbocycles. The number of aliphatic hydroxyl groups excluding tert-OH is 1. The summed E-state index contributed by atoms with van der Waals surface area (Å²) in [5.74, 6) is -0.298. The smallest absolute Gasteiger partial charge is 0.872 e. The first kappa shape index (κ1) is 28.4. The summed E-state index contributed by atoms with van der Waals surface area (Å²) >= 11 is 0. The van der Waals surface area contributed by atoms with E-state index in [1.165, 1.54) is 18.3 Å². The predicted octanol–water partition coefficient (Wildman–Crippen LogP) is -5.91. The third-order valence-electron chi connectivity index (χ3n) is 2.14. The van der Waals surface area contributed by atoms with Crippen LogP contribution in [0.25, 0.3) is 0 Å². The molecule has 0 spiro atoms. The van der Waals surface area contributed by atoms with Crippen molar-refractivity contribution >= 4 is 11.9 Å². The number of nitrogens with one attached hydrogen (secondary N) is 1. The van der Waals surface area contributed by atoms with Gasteiger partial charge in [-0.1, -0.05) is 11.8 Å². The molecule has 0 saturated carbocycles. The Hall–Kier alpha value is -1.38. The second-order valence-corrected chi connectivity index (χ2v) is 4.62. The molecule has 0 aliphatic carbocycles. The van der Waals surface area contributed by atoms with Crippen LogP contribution in [0.15, 0.2) is 23.2 Å². The van der Waals surface area contributed by atoms with Crippen molar-refractivity contribution in [3.63, 3.8) is 0 Å². The normalized spacial score (nSPS) is 10.3. The van der Waals surface area contributed by atoms with Crippen LogP contribution in [0.4, 0.5) is 5.69 Å². The predicted molar refractivity (Wildman–Crippen MR) is 68.6 cm³/mol. The van der Waals surface area contributed by atoms with Gasteiger partial charge in [0.05, 0.1) is 18.1 Å². The molecule has 0 unspecified atom stereocenters. The van der Waals surface area contributed by atoms with Crippen LogP contribution >= 0.6 is 0 Å². The first-order valence-electron chi connectivity index (χ1n) is 6.03. The molecular weight excluding hydrogens is 417 g/mol. The number of hydrogen-bond donors (Lipinski definition) is 2. The Kier molecular flexibility index (Phi) is 17.0. The summed E-state index contributed by atoms with van der Waals surface area (Å²) in [6, 6.07) is 3.53. The minimum absolute atomic E-state index is 0. The molecule has 1 aromatic rings. The van der Waals surface area contributed by atoms with Gasteiger partial charge in [0.2, 0.25) is 0 Å². The van der Waals surface area contributed by atoms with Gasteiger partial charge >= 0.3 is 17.1 Å². The van der Waals surface area contributed by atoms with Crippen LogP contribution in [0.2, 0.25) is 0 Å². The average molecular weight is 433 g/mol. The van der Waals surface area contributed by atoms with Gasteiger partial charge in [-0.25, -0.2) is 18.6 Å². The molecule has 25 heavy (non-hydrogen) atoms. The largest absolute Gasteiger partial charge is 2.00 e. The topological polar surface area (TPSA) is 235 Å². The molecule has 14 heteroatoms. The molecule has 4 N–H and O–H groups in total. The van der Waals surface area contributed by atoms with Gasteiger partial charge in [-0.15, -0.1) is 10.2 Å². The molecule has 0 bridgehead atoms. The van der Waals surface area contributed by atoms with E-state index in [0.717, 1.165) is 6.07 Å². The molecular formula is C11H16ClCuN3O9. The Morgan fingerprint density at radius 2 is 1.80 bits per heavy atom. The van der Waals surface area contributed by atoms with Gasteiger partial charge in [0.1, 0.15) is 0 Å². The van der Waals surface area contributed by atoms with Gasteiger partial charge in [0, 0.05) is 31.4 Å². The number of rotatable bonds is 7. The number of nitro groups is 1. The SMILES string of the molecule is O.O=[N+]([O-])c1ccc([O-])c(C=NCCNCCO)c1.[Cu+2].[O-][Cl+3]([O-])([O-])[O-]. The zero-order chi connectivity index (χ0) is 17.9. The van der Waals surface area contributed by atoms with E-state index >= 15 is 0 Å². The number of hydrogen-bond acceptors (Lipinski definition) is 10. The molecule has 0 saturated heterocycles. The Morgan fingerprint density at radius 3 is 2.28 bits per heavy atom. The molecule has 1 rings (SSSR count). The zero-order valence-corrected chi connectivity index (χ0v) is 14.2. The van der Waals surface area contributed by atoms with E-state index < -0.39 is 15.2 Å². The number of aliphatic imine (C=N–C) groups is 1. The fourth-order valence-electron chi connectivity index (χ4n) is 1.26. The quantitative estimate of drug-likeness (QED) is 0.137.